The molecule has 0 saturated carbocycles. The van der Waals surface area contributed by atoms with Gasteiger partial charge in [-0.25, -0.2) is 8.78 Å². The molecule has 3 aromatic rings. The van der Waals surface area contributed by atoms with Gasteiger partial charge in [0.25, 0.3) is 0 Å². The van der Waals surface area contributed by atoms with Crippen LogP contribution in [0.15, 0.2) is 78.9 Å². The molecule has 0 unspecified atom stereocenters. The number of aryl methyl sites for hydroxylation is 1. The van der Waals surface area contributed by atoms with Crippen molar-refractivity contribution in [3.63, 3.8) is 0 Å². The van der Waals surface area contributed by atoms with E-state index in [2.05, 4.69) is 24.3 Å². The zero-order valence-corrected chi connectivity index (χ0v) is 17.6. The predicted molar refractivity (Wildman–Crippen MR) is 123 cm³/mol. The number of benzene rings is 3. The monoisotopic (exact) mass is 402 g/mol. The van der Waals surface area contributed by atoms with E-state index < -0.39 is 11.6 Å². The van der Waals surface area contributed by atoms with E-state index in [9.17, 15) is 8.78 Å². The molecule has 30 heavy (non-hydrogen) atoms. The van der Waals surface area contributed by atoms with Crippen LogP contribution in [0.2, 0.25) is 0 Å². The summed E-state index contributed by atoms with van der Waals surface area (Å²) in [6, 6.07) is 20.9. The van der Waals surface area contributed by atoms with Crippen LogP contribution in [-0.4, -0.2) is 0 Å². The third-order valence-corrected chi connectivity index (χ3v) is 5.33. The average Bonchev–Trinajstić information content (AvgIpc) is 2.76. The number of allylic oxidation sites excluding steroid dienone is 2. The van der Waals surface area contributed by atoms with Gasteiger partial charge in [0, 0.05) is 5.56 Å². The molecule has 0 heterocycles. The van der Waals surface area contributed by atoms with E-state index in [1.165, 1.54) is 17.7 Å². The summed E-state index contributed by atoms with van der Waals surface area (Å²) in [6.45, 7) is 4.01. The minimum atomic E-state index is -0.489. The maximum Gasteiger partial charge on any atom is 0.129 e. The van der Waals surface area contributed by atoms with Crippen molar-refractivity contribution in [1.82, 2.24) is 0 Å². The standard InChI is InChI=1S/C28H28F2/c1-3-4-6-9-22-12-14-23(15-13-22)16-17-24-19-27(29)26(28(30)20-24)18-21(2)25-10-7-5-8-11-25/h3-5,7-8,10-17,19-21H,6,9,18H2,1-2H3/t21-/m0/s1. The zero-order valence-electron chi connectivity index (χ0n) is 17.6. The highest BCUT2D eigenvalue weighted by Crippen LogP contribution is 2.25. The molecule has 0 aliphatic rings. The van der Waals surface area contributed by atoms with Crippen LogP contribution in [0.1, 0.15) is 54.0 Å². The van der Waals surface area contributed by atoms with Crippen LogP contribution >= 0.6 is 0 Å². The Balaban J connectivity index is 1.69. The van der Waals surface area contributed by atoms with Gasteiger partial charge in [-0.2, -0.15) is 0 Å². The largest absolute Gasteiger partial charge is 0.207 e. The second-order valence-electron chi connectivity index (χ2n) is 7.66. The maximum absolute atomic E-state index is 14.6. The Kier molecular flexibility index (Phi) is 7.73. The van der Waals surface area contributed by atoms with Crippen molar-refractivity contribution in [3.8, 4) is 0 Å². The zero-order chi connectivity index (χ0) is 21.3. The van der Waals surface area contributed by atoms with E-state index in [0.717, 1.165) is 24.0 Å². The van der Waals surface area contributed by atoms with Crippen LogP contribution in [-0.2, 0) is 12.8 Å². The van der Waals surface area contributed by atoms with Gasteiger partial charge in [-0.05, 0) is 66.5 Å². The van der Waals surface area contributed by atoms with Crippen molar-refractivity contribution in [2.24, 2.45) is 0 Å². The minimum Gasteiger partial charge on any atom is -0.207 e. The van der Waals surface area contributed by atoms with Gasteiger partial charge in [-0.3, -0.25) is 0 Å². The topological polar surface area (TPSA) is 0 Å². The van der Waals surface area contributed by atoms with Gasteiger partial charge in [0.2, 0.25) is 0 Å². The Morgan fingerprint density at radius 3 is 2.10 bits per heavy atom. The normalized spacial score (nSPS) is 12.7. The van der Waals surface area contributed by atoms with Crippen molar-refractivity contribution in [3.05, 3.63) is 118 Å². The second kappa shape index (κ2) is 10.7. The van der Waals surface area contributed by atoms with Gasteiger partial charge in [0.05, 0.1) is 0 Å². The summed E-state index contributed by atoms with van der Waals surface area (Å²) in [5.74, 6) is -0.934. The fraction of sp³-hybridized carbons (Fsp3) is 0.214. The van der Waals surface area contributed by atoms with Crippen LogP contribution < -0.4 is 0 Å². The first-order valence-electron chi connectivity index (χ1n) is 10.5. The van der Waals surface area contributed by atoms with Gasteiger partial charge >= 0.3 is 0 Å². The lowest BCUT2D eigenvalue weighted by atomic mass is 9.92. The molecule has 0 bridgehead atoms. The third kappa shape index (κ3) is 6.00. The molecule has 0 amide bonds. The molecule has 0 aliphatic carbocycles. The van der Waals surface area contributed by atoms with E-state index in [1.807, 2.05) is 62.4 Å². The Labute approximate surface area is 178 Å². The summed E-state index contributed by atoms with van der Waals surface area (Å²) >= 11 is 0. The summed E-state index contributed by atoms with van der Waals surface area (Å²) in [5.41, 5.74) is 4.04. The Hall–Kier alpha value is -3.00. The Morgan fingerprint density at radius 2 is 1.47 bits per heavy atom. The van der Waals surface area contributed by atoms with Gasteiger partial charge in [0.1, 0.15) is 11.6 Å². The molecule has 0 aliphatic heterocycles. The van der Waals surface area contributed by atoms with Gasteiger partial charge in [-0.1, -0.05) is 85.8 Å². The first kappa shape index (κ1) is 21.7. The van der Waals surface area contributed by atoms with E-state index >= 15 is 0 Å². The van der Waals surface area contributed by atoms with Crippen LogP contribution in [0.5, 0.6) is 0 Å². The fourth-order valence-electron chi connectivity index (χ4n) is 3.52. The van der Waals surface area contributed by atoms with Crippen LogP contribution in [0, 0.1) is 11.6 Å². The quantitative estimate of drug-likeness (QED) is 0.264. The molecule has 2 heteroatoms. The van der Waals surface area contributed by atoms with Crippen molar-refractivity contribution < 1.29 is 8.78 Å². The first-order valence-corrected chi connectivity index (χ1v) is 10.5. The lowest BCUT2D eigenvalue weighted by molar-refractivity contribution is 0.543. The number of hydrogen-bond acceptors (Lipinski definition) is 0. The molecule has 0 spiro atoms. The predicted octanol–water partition coefficient (Wildman–Crippen LogP) is 7.99. The molecular formula is C28H28F2. The Bertz CT molecular complexity index is 976. The summed E-state index contributed by atoms with van der Waals surface area (Å²) in [6.07, 6.45) is 10.2. The lowest BCUT2D eigenvalue weighted by Gasteiger charge is -2.14. The first-order chi connectivity index (χ1) is 14.6. The van der Waals surface area contributed by atoms with Crippen LogP contribution in [0.3, 0.4) is 0 Å². The highest BCUT2D eigenvalue weighted by Gasteiger charge is 2.15. The molecule has 154 valence electrons. The molecule has 0 radical (unpaired) electrons. The minimum absolute atomic E-state index is 0.0444. The smallest absolute Gasteiger partial charge is 0.129 e. The van der Waals surface area contributed by atoms with E-state index in [0.29, 0.717) is 12.0 Å². The number of hydrogen-bond donors (Lipinski definition) is 0. The number of halogens is 2. The van der Waals surface area contributed by atoms with E-state index in [1.54, 1.807) is 6.08 Å². The summed E-state index contributed by atoms with van der Waals surface area (Å²) in [4.78, 5) is 0. The molecule has 0 aromatic heterocycles. The SMILES string of the molecule is CC=CCCc1ccc(C=Cc2cc(F)c(C[C@H](C)c3ccccc3)c(F)c2)cc1. The average molecular weight is 403 g/mol. The molecule has 0 nitrogen and oxygen atoms in total. The van der Waals surface area contributed by atoms with Crippen molar-refractivity contribution in [2.75, 3.05) is 0 Å². The number of rotatable bonds is 8. The molecule has 0 fully saturated rings. The second-order valence-corrected chi connectivity index (χ2v) is 7.66. The van der Waals surface area contributed by atoms with Crippen LogP contribution in [0.25, 0.3) is 12.2 Å². The molecule has 0 saturated heterocycles. The van der Waals surface area contributed by atoms with Gasteiger partial charge in [-0.15, -0.1) is 0 Å². The van der Waals surface area contributed by atoms with Gasteiger partial charge in [0.15, 0.2) is 0 Å². The maximum atomic E-state index is 14.6. The summed E-state index contributed by atoms with van der Waals surface area (Å²) in [5, 5.41) is 0. The molecule has 3 rings (SSSR count). The van der Waals surface area contributed by atoms with E-state index in [-0.39, 0.29) is 11.5 Å². The Morgan fingerprint density at radius 1 is 0.833 bits per heavy atom. The van der Waals surface area contributed by atoms with Crippen LogP contribution in [0.4, 0.5) is 8.78 Å². The summed E-state index contributed by atoms with van der Waals surface area (Å²) in [7, 11) is 0. The fourth-order valence-corrected chi connectivity index (χ4v) is 3.52. The molecule has 3 aromatic carbocycles. The van der Waals surface area contributed by atoms with E-state index in [4.69, 9.17) is 0 Å². The highest BCUT2D eigenvalue weighted by atomic mass is 19.1. The molecule has 0 N–H and O–H groups in total. The van der Waals surface area contributed by atoms with Crippen molar-refractivity contribution in [2.45, 2.75) is 39.0 Å². The lowest BCUT2D eigenvalue weighted by Crippen LogP contribution is -2.04. The van der Waals surface area contributed by atoms with Crippen molar-refractivity contribution in [1.29, 1.82) is 0 Å². The van der Waals surface area contributed by atoms with Gasteiger partial charge < -0.3 is 0 Å². The molecule has 1 atom stereocenters. The highest BCUT2D eigenvalue weighted by molar-refractivity contribution is 5.69. The summed E-state index contributed by atoms with van der Waals surface area (Å²) < 4.78 is 29.3. The van der Waals surface area contributed by atoms with Crippen molar-refractivity contribution >= 4 is 12.2 Å². The molecular weight excluding hydrogens is 374 g/mol. The third-order valence-electron chi connectivity index (χ3n) is 5.33.